The van der Waals surface area contributed by atoms with Crippen molar-refractivity contribution >= 4 is 26.7 Å². The standard InChI is InChI=1S/C26H27N3O4S/c1-26(2,3)33-25(30)24-21(34(31,32)17-8-5-15(14-27)6-9-17)12-11-19-23(24)22-18-10-7-16(28-18)13-20(22)29(19)4/h5-6,8-9,11-12,16,18,28H,7,10,13H2,1-4H3. The number of fused-ring (bicyclic) bond motifs is 6. The minimum Gasteiger partial charge on any atom is -0.456 e. The summed E-state index contributed by atoms with van der Waals surface area (Å²) in [7, 11) is -2.09. The number of aryl methyl sites for hydroxylation is 1. The summed E-state index contributed by atoms with van der Waals surface area (Å²) in [4.78, 5) is 13.6. The number of hydrogen-bond donors (Lipinski definition) is 1. The van der Waals surface area contributed by atoms with Crippen LogP contribution in [0.3, 0.4) is 0 Å². The summed E-state index contributed by atoms with van der Waals surface area (Å²) in [6, 6.07) is 11.5. The zero-order chi connectivity index (χ0) is 24.4. The summed E-state index contributed by atoms with van der Waals surface area (Å²) in [5.41, 5.74) is 2.61. The molecule has 0 radical (unpaired) electrons. The monoisotopic (exact) mass is 477 g/mol. The van der Waals surface area contributed by atoms with Crippen LogP contribution >= 0.6 is 0 Å². The number of nitriles is 1. The Morgan fingerprint density at radius 1 is 1.15 bits per heavy atom. The van der Waals surface area contributed by atoms with E-state index in [-0.39, 0.29) is 21.4 Å². The van der Waals surface area contributed by atoms with Gasteiger partial charge in [0, 0.05) is 42.1 Å². The highest BCUT2D eigenvalue weighted by Gasteiger charge is 2.39. The zero-order valence-electron chi connectivity index (χ0n) is 19.7. The average Bonchev–Trinajstić information content (AvgIpc) is 3.30. The van der Waals surface area contributed by atoms with Crippen LogP contribution in [0.4, 0.5) is 0 Å². The molecule has 2 unspecified atom stereocenters. The highest BCUT2D eigenvalue weighted by molar-refractivity contribution is 7.91. The summed E-state index contributed by atoms with van der Waals surface area (Å²) in [6.45, 7) is 5.30. The van der Waals surface area contributed by atoms with E-state index in [9.17, 15) is 13.2 Å². The lowest BCUT2D eigenvalue weighted by Crippen LogP contribution is -2.32. The molecule has 0 amide bonds. The van der Waals surface area contributed by atoms with Crippen LogP contribution in [0.1, 0.15) is 66.8 Å². The molecule has 0 aliphatic carbocycles. The largest absolute Gasteiger partial charge is 0.456 e. The smallest absolute Gasteiger partial charge is 0.340 e. The molecule has 3 heterocycles. The van der Waals surface area contributed by atoms with Crippen molar-refractivity contribution in [2.45, 2.75) is 67.5 Å². The number of nitrogens with zero attached hydrogens (tertiary/aromatic N) is 2. The van der Waals surface area contributed by atoms with E-state index in [0.717, 1.165) is 36.0 Å². The van der Waals surface area contributed by atoms with Gasteiger partial charge in [-0.05, 0) is 75.6 Å². The second-order valence-electron chi connectivity index (χ2n) is 10.1. The van der Waals surface area contributed by atoms with Crippen molar-refractivity contribution in [1.82, 2.24) is 9.88 Å². The molecule has 8 heteroatoms. The van der Waals surface area contributed by atoms with Gasteiger partial charge in [-0.1, -0.05) is 0 Å². The summed E-state index contributed by atoms with van der Waals surface area (Å²) >= 11 is 0. The fraction of sp³-hybridized carbons (Fsp3) is 0.385. The quantitative estimate of drug-likeness (QED) is 0.568. The third kappa shape index (κ3) is 3.51. The number of hydrogen-bond acceptors (Lipinski definition) is 6. The third-order valence-electron chi connectivity index (χ3n) is 6.71. The van der Waals surface area contributed by atoms with E-state index in [4.69, 9.17) is 10.00 Å². The SMILES string of the molecule is Cn1c2c(c3c(C(=O)OC(C)(C)C)c(S(=O)(=O)c4ccc(C#N)cc4)ccc31)C1CCC(C2)N1. The predicted molar refractivity (Wildman–Crippen MR) is 127 cm³/mol. The van der Waals surface area contributed by atoms with E-state index in [0.29, 0.717) is 17.0 Å². The molecule has 1 N–H and O–H groups in total. The summed E-state index contributed by atoms with van der Waals surface area (Å²) < 4.78 is 35.4. The minimum absolute atomic E-state index is 0.0273. The van der Waals surface area contributed by atoms with E-state index >= 15 is 0 Å². The van der Waals surface area contributed by atoms with Gasteiger partial charge in [-0.15, -0.1) is 0 Å². The van der Waals surface area contributed by atoms with Gasteiger partial charge in [0.1, 0.15) is 5.60 Å². The van der Waals surface area contributed by atoms with Gasteiger partial charge in [-0.25, -0.2) is 13.2 Å². The van der Waals surface area contributed by atoms with Crippen LogP contribution in [0.15, 0.2) is 46.2 Å². The highest BCUT2D eigenvalue weighted by atomic mass is 32.2. The topological polar surface area (TPSA) is 101 Å². The Balaban J connectivity index is 1.81. The predicted octanol–water partition coefficient (Wildman–Crippen LogP) is 4.19. The fourth-order valence-electron chi connectivity index (χ4n) is 5.25. The van der Waals surface area contributed by atoms with E-state index in [2.05, 4.69) is 9.88 Å². The van der Waals surface area contributed by atoms with Crippen molar-refractivity contribution in [3.63, 3.8) is 0 Å². The third-order valence-corrected chi connectivity index (χ3v) is 8.52. The molecule has 1 aromatic heterocycles. The van der Waals surface area contributed by atoms with Gasteiger partial charge < -0.3 is 14.6 Å². The van der Waals surface area contributed by atoms with Crippen LogP contribution in [0, 0.1) is 11.3 Å². The Hall–Kier alpha value is -3.15. The molecule has 7 nitrogen and oxygen atoms in total. The first-order valence-electron chi connectivity index (χ1n) is 11.4. The normalized spacial score (nSPS) is 19.6. The molecule has 2 aromatic carbocycles. The number of rotatable bonds is 3. The van der Waals surface area contributed by atoms with Crippen LogP contribution in [0.5, 0.6) is 0 Å². The Kier molecular flexibility index (Phi) is 5.12. The Bertz CT molecular complexity index is 1470. The van der Waals surface area contributed by atoms with E-state index < -0.39 is 21.4 Å². The lowest BCUT2D eigenvalue weighted by molar-refractivity contribution is 0.00675. The van der Waals surface area contributed by atoms with E-state index in [1.807, 2.05) is 13.1 Å². The average molecular weight is 478 g/mol. The number of aromatic nitrogens is 1. The molecular formula is C26H27N3O4S. The summed E-state index contributed by atoms with van der Waals surface area (Å²) in [6.07, 6.45) is 2.82. The van der Waals surface area contributed by atoms with Crippen molar-refractivity contribution in [3.05, 3.63) is 58.8 Å². The molecule has 1 saturated heterocycles. The number of sulfone groups is 1. The molecule has 0 spiro atoms. The second kappa shape index (κ2) is 7.69. The van der Waals surface area contributed by atoms with Crippen LogP contribution < -0.4 is 5.32 Å². The molecule has 2 aliphatic rings. The molecule has 176 valence electrons. The first-order chi connectivity index (χ1) is 16.0. The zero-order valence-corrected chi connectivity index (χ0v) is 20.5. The van der Waals surface area contributed by atoms with Gasteiger partial charge in [0.25, 0.3) is 0 Å². The van der Waals surface area contributed by atoms with Gasteiger partial charge in [0.15, 0.2) is 0 Å². The van der Waals surface area contributed by atoms with Gasteiger partial charge in [0.05, 0.1) is 27.0 Å². The molecule has 3 aromatic rings. The molecule has 34 heavy (non-hydrogen) atoms. The Labute approximate surface area is 199 Å². The number of carbonyl (C=O) groups excluding carboxylic acids is 1. The number of ether oxygens (including phenoxy) is 1. The van der Waals surface area contributed by atoms with Crippen molar-refractivity contribution in [1.29, 1.82) is 5.26 Å². The molecular weight excluding hydrogens is 450 g/mol. The maximum atomic E-state index is 13.8. The summed E-state index contributed by atoms with van der Waals surface area (Å²) in [5, 5.41) is 13.4. The number of nitrogens with one attached hydrogen (secondary N) is 1. The first-order valence-corrected chi connectivity index (χ1v) is 12.9. The molecule has 2 atom stereocenters. The van der Waals surface area contributed by atoms with Crippen LogP contribution in [0.25, 0.3) is 10.9 Å². The molecule has 1 fully saturated rings. The molecule has 0 saturated carbocycles. The van der Waals surface area contributed by atoms with Crippen LogP contribution in [-0.4, -0.2) is 30.6 Å². The maximum Gasteiger partial charge on any atom is 0.340 e. The van der Waals surface area contributed by atoms with Crippen molar-refractivity contribution in [2.24, 2.45) is 7.05 Å². The van der Waals surface area contributed by atoms with Crippen molar-refractivity contribution in [2.75, 3.05) is 0 Å². The number of esters is 1. The van der Waals surface area contributed by atoms with Gasteiger partial charge in [-0.3, -0.25) is 0 Å². The number of benzene rings is 2. The second-order valence-corrected chi connectivity index (χ2v) is 12.0. The van der Waals surface area contributed by atoms with E-state index in [1.54, 1.807) is 26.8 Å². The van der Waals surface area contributed by atoms with Gasteiger partial charge >= 0.3 is 5.97 Å². The van der Waals surface area contributed by atoms with Crippen LogP contribution in [-0.2, 0) is 28.0 Å². The minimum atomic E-state index is -4.06. The molecule has 2 bridgehead atoms. The van der Waals surface area contributed by atoms with E-state index in [1.165, 1.54) is 30.3 Å². The summed E-state index contributed by atoms with van der Waals surface area (Å²) in [5.74, 6) is -0.654. The highest BCUT2D eigenvalue weighted by Crippen LogP contribution is 2.44. The molecule has 5 rings (SSSR count). The fourth-order valence-corrected chi connectivity index (χ4v) is 6.70. The first kappa shape index (κ1) is 22.6. The lowest BCUT2D eigenvalue weighted by Gasteiger charge is -2.24. The molecule has 2 aliphatic heterocycles. The maximum absolute atomic E-state index is 13.8. The Morgan fingerprint density at radius 2 is 1.85 bits per heavy atom. The van der Waals surface area contributed by atoms with Gasteiger partial charge in [0.2, 0.25) is 9.84 Å². The van der Waals surface area contributed by atoms with Crippen LogP contribution in [0.2, 0.25) is 0 Å². The van der Waals surface area contributed by atoms with Crippen molar-refractivity contribution in [3.8, 4) is 6.07 Å². The van der Waals surface area contributed by atoms with Crippen molar-refractivity contribution < 1.29 is 17.9 Å². The Morgan fingerprint density at radius 3 is 2.50 bits per heavy atom. The lowest BCUT2D eigenvalue weighted by atomic mass is 9.96. The number of carbonyl (C=O) groups is 1. The van der Waals surface area contributed by atoms with Gasteiger partial charge in [-0.2, -0.15) is 5.26 Å².